The molecule has 0 saturated carbocycles. The third kappa shape index (κ3) is 5.55. The lowest BCUT2D eigenvalue weighted by Crippen LogP contribution is -2.43. The number of hydrogen-bond donors (Lipinski definition) is 1. The number of nitrogens with zero attached hydrogens (tertiary/aromatic N) is 1. The first-order valence-corrected chi connectivity index (χ1v) is 6.02. The van der Waals surface area contributed by atoms with E-state index >= 15 is 0 Å². The summed E-state index contributed by atoms with van der Waals surface area (Å²) in [6, 6.07) is 0. The predicted molar refractivity (Wildman–Crippen MR) is 60.2 cm³/mol. The first kappa shape index (κ1) is 11.3. The van der Waals surface area contributed by atoms with Crippen molar-refractivity contribution in [1.82, 2.24) is 10.2 Å². The van der Waals surface area contributed by atoms with Crippen LogP contribution in [0.15, 0.2) is 0 Å². The fraction of sp³-hybridized carbons (Fsp3) is 1.00. The lowest BCUT2D eigenvalue weighted by atomic mass is 10.2. The summed E-state index contributed by atoms with van der Waals surface area (Å²) in [4.78, 5) is 2.56. The SMILES string of the molecule is [S]CCCCCCN1CCNCC1. The van der Waals surface area contributed by atoms with E-state index < -0.39 is 0 Å². The Hall–Kier alpha value is 0.270. The summed E-state index contributed by atoms with van der Waals surface area (Å²) in [6.07, 6.45) is 5.28. The van der Waals surface area contributed by atoms with Gasteiger partial charge in [-0.1, -0.05) is 25.5 Å². The Balaban J connectivity index is 1.86. The smallest absolute Gasteiger partial charge is 0.0107 e. The molecule has 77 valence electrons. The van der Waals surface area contributed by atoms with Crippen LogP contribution in [-0.4, -0.2) is 43.4 Å². The molecule has 3 heteroatoms. The van der Waals surface area contributed by atoms with Crippen LogP contribution in [0.5, 0.6) is 0 Å². The highest BCUT2D eigenvalue weighted by Crippen LogP contribution is 2.03. The monoisotopic (exact) mass is 201 g/mol. The van der Waals surface area contributed by atoms with E-state index in [-0.39, 0.29) is 0 Å². The van der Waals surface area contributed by atoms with Gasteiger partial charge in [0.2, 0.25) is 0 Å². The second-order valence-electron chi connectivity index (χ2n) is 3.71. The first-order chi connectivity index (χ1) is 6.43. The molecule has 1 saturated heterocycles. The fourth-order valence-corrected chi connectivity index (χ4v) is 1.93. The highest BCUT2D eigenvalue weighted by atomic mass is 32.1. The normalized spacial score (nSPS) is 19.2. The van der Waals surface area contributed by atoms with E-state index in [2.05, 4.69) is 10.2 Å². The van der Waals surface area contributed by atoms with Crippen LogP contribution in [0.25, 0.3) is 0 Å². The van der Waals surface area contributed by atoms with Gasteiger partial charge in [-0.25, -0.2) is 0 Å². The van der Waals surface area contributed by atoms with Crippen LogP contribution >= 0.6 is 12.6 Å². The molecule has 1 N–H and O–H groups in total. The van der Waals surface area contributed by atoms with Gasteiger partial charge in [0.25, 0.3) is 0 Å². The highest BCUT2D eigenvalue weighted by Gasteiger charge is 2.07. The molecule has 0 aromatic rings. The maximum atomic E-state index is 4.91. The minimum absolute atomic E-state index is 0.938. The van der Waals surface area contributed by atoms with Gasteiger partial charge in [-0.2, -0.15) is 0 Å². The summed E-state index contributed by atoms with van der Waals surface area (Å²) in [7, 11) is 0. The van der Waals surface area contributed by atoms with Crippen molar-refractivity contribution in [1.29, 1.82) is 0 Å². The van der Waals surface area contributed by atoms with E-state index in [1.54, 1.807) is 0 Å². The topological polar surface area (TPSA) is 15.3 Å². The van der Waals surface area contributed by atoms with Crippen LogP contribution in [0.4, 0.5) is 0 Å². The lowest BCUT2D eigenvalue weighted by Gasteiger charge is -2.26. The minimum atomic E-state index is 0.938. The molecule has 1 fully saturated rings. The molecular formula is C10H21N2S. The van der Waals surface area contributed by atoms with Crippen molar-refractivity contribution in [2.45, 2.75) is 25.7 Å². The summed E-state index contributed by atoms with van der Waals surface area (Å²) >= 11 is 4.91. The maximum absolute atomic E-state index is 4.91. The van der Waals surface area contributed by atoms with Crippen molar-refractivity contribution in [3.63, 3.8) is 0 Å². The number of nitrogens with one attached hydrogen (secondary N) is 1. The summed E-state index contributed by atoms with van der Waals surface area (Å²) in [5.41, 5.74) is 0. The first-order valence-electron chi connectivity index (χ1n) is 5.44. The fourth-order valence-electron chi connectivity index (χ4n) is 1.73. The molecular weight excluding hydrogens is 180 g/mol. The van der Waals surface area contributed by atoms with E-state index in [0.717, 1.165) is 5.75 Å². The Morgan fingerprint density at radius 2 is 1.69 bits per heavy atom. The quantitative estimate of drug-likeness (QED) is 0.657. The van der Waals surface area contributed by atoms with Crippen LogP contribution in [0.3, 0.4) is 0 Å². The average molecular weight is 201 g/mol. The second-order valence-corrected chi connectivity index (χ2v) is 4.12. The number of unbranched alkanes of at least 4 members (excludes halogenated alkanes) is 3. The molecule has 0 bridgehead atoms. The molecule has 0 amide bonds. The molecule has 13 heavy (non-hydrogen) atoms. The molecule has 0 aromatic heterocycles. The summed E-state index contributed by atoms with van der Waals surface area (Å²) < 4.78 is 0. The number of hydrogen-bond acceptors (Lipinski definition) is 2. The van der Waals surface area contributed by atoms with Crippen molar-refractivity contribution in [3.05, 3.63) is 0 Å². The molecule has 0 aliphatic carbocycles. The van der Waals surface area contributed by atoms with Crippen LogP contribution in [-0.2, 0) is 0 Å². The van der Waals surface area contributed by atoms with Crippen LogP contribution in [0.1, 0.15) is 25.7 Å². The molecule has 1 heterocycles. The van der Waals surface area contributed by atoms with Gasteiger partial charge in [0.05, 0.1) is 0 Å². The van der Waals surface area contributed by atoms with E-state index in [0.29, 0.717) is 0 Å². The van der Waals surface area contributed by atoms with E-state index in [4.69, 9.17) is 12.6 Å². The van der Waals surface area contributed by atoms with Crippen molar-refractivity contribution in [3.8, 4) is 0 Å². The van der Waals surface area contributed by atoms with Crippen LogP contribution < -0.4 is 5.32 Å². The van der Waals surface area contributed by atoms with Crippen molar-refractivity contribution in [2.24, 2.45) is 0 Å². The van der Waals surface area contributed by atoms with Gasteiger partial charge in [0.15, 0.2) is 0 Å². The van der Waals surface area contributed by atoms with Gasteiger partial charge in [0.1, 0.15) is 0 Å². The third-order valence-corrected chi connectivity index (χ3v) is 2.87. The Kier molecular flexibility index (Phi) is 6.68. The van der Waals surface area contributed by atoms with Gasteiger partial charge in [-0.05, 0) is 19.4 Å². The molecule has 2 nitrogen and oxygen atoms in total. The van der Waals surface area contributed by atoms with Gasteiger partial charge in [-0.15, -0.1) is 0 Å². The number of rotatable bonds is 6. The summed E-state index contributed by atoms with van der Waals surface area (Å²) in [5, 5.41) is 3.37. The highest BCUT2D eigenvalue weighted by molar-refractivity contribution is 7.80. The Morgan fingerprint density at radius 1 is 1.00 bits per heavy atom. The van der Waals surface area contributed by atoms with E-state index in [9.17, 15) is 0 Å². The zero-order valence-electron chi connectivity index (χ0n) is 8.43. The molecule has 1 radical (unpaired) electrons. The standard InChI is InChI=1S/C10H21N2S/c13-10-4-2-1-3-7-12-8-5-11-6-9-12/h11H,1-10H2. The van der Waals surface area contributed by atoms with Crippen LogP contribution in [0.2, 0.25) is 0 Å². The van der Waals surface area contributed by atoms with Gasteiger partial charge in [0, 0.05) is 31.9 Å². The maximum Gasteiger partial charge on any atom is 0.0107 e. The molecule has 1 aliphatic heterocycles. The molecule has 0 atom stereocenters. The Bertz CT molecular complexity index is 113. The zero-order valence-corrected chi connectivity index (χ0v) is 9.24. The van der Waals surface area contributed by atoms with E-state index in [1.807, 2.05) is 0 Å². The van der Waals surface area contributed by atoms with Gasteiger partial charge < -0.3 is 10.2 Å². The third-order valence-electron chi connectivity index (χ3n) is 2.58. The molecule has 0 aromatic carbocycles. The van der Waals surface area contributed by atoms with Gasteiger partial charge in [-0.3, -0.25) is 0 Å². The predicted octanol–water partition coefficient (Wildman–Crippen LogP) is 1.65. The van der Waals surface area contributed by atoms with Crippen molar-refractivity contribution in [2.75, 3.05) is 38.5 Å². The molecule has 1 rings (SSSR count). The second kappa shape index (κ2) is 7.65. The summed E-state index contributed by atoms with van der Waals surface area (Å²) in [5.74, 6) is 0.938. The molecule has 0 unspecified atom stereocenters. The number of piperazine rings is 1. The Labute approximate surface area is 87.5 Å². The van der Waals surface area contributed by atoms with Crippen molar-refractivity contribution < 1.29 is 0 Å². The largest absolute Gasteiger partial charge is 0.314 e. The van der Waals surface area contributed by atoms with Gasteiger partial charge >= 0.3 is 0 Å². The van der Waals surface area contributed by atoms with E-state index in [1.165, 1.54) is 58.4 Å². The lowest BCUT2D eigenvalue weighted by molar-refractivity contribution is 0.236. The molecule has 0 spiro atoms. The average Bonchev–Trinajstić information content (AvgIpc) is 2.19. The van der Waals surface area contributed by atoms with Crippen molar-refractivity contribution >= 4 is 12.6 Å². The minimum Gasteiger partial charge on any atom is -0.314 e. The molecule has 1 aliphatic rings. The summed E-state index contributed by atoms with van der Waals surface area (Å²) in [6.45, 7) is 6.11. The zero-order chi connectivity index (χ0) is 9.36. The van der Waals surface area contributed by atoms with Crippen LogP contribution in [0, 0.1) is 0 Å². The Morgan fingerprint density at radius 3 is 2.38 bits per heavy atom.